The molecule has 0 aliphatic carbocycles. The highest BCUT2D eigenvalue weighted by atomic mass is 16.7. The summed E-state index contributed by atoms with van der Waals surface area (Å²) in [7, 11) is 0. The predicted octanol–water partition coefficient (Wildman–Crippen LogP) is 4.07. The molecular formula is C22H17N3O3. The molecule has 5 rings (SSSR count). The molecule has 0 atom stereocenters. The topological polar surface area (TPSA) is 65.4 Å². The third kappa shape index (κ3) is 2.95. The lowest BCUT2D eigenvalue weighted by Gasteiger charge is -2.10. The molecule has 6 heteroatoms. The van der Waals surface area contributed by atoms with Gasteiger partial charge in [0.05, 0.1) is 11.0 Å². The molecule has 0 saturated heterocycles. The van der Waals surface area contributed by atoms with Crippen LogP contribution in [0.15, 0.2) is 72.8 Å². The number of amides is 1. The van der Waals surface area contributed by atoms with Gasteiger partial charge in [-0.3, -0.25) is 4.79 Å². The number of anilines is 1. The fourth-order valence-electron chi connectivity index (χ4n) is 3.36. The summed E-state index contributed by atoms with van der Waals surface area (Å²) in [5.41, 5.74) is 3.41. The van der Waals surface area contributed by atoms with Crippen molar-refractivity contribution in [2.24, 2.45) is 0 Å². The van der Waals surface area contributed by atoms with Crippen molar-refractivity contribution in [3.63, 3.8) is 0 Å². The molecule has 0 radical (unpaired) electrons. The lowest BCUT2D eigenvalue weighted by molar-refractivity contribution is -0.116. The monoisotopic (exact) mass is 371 g/mol. The second kappa shape index (κ2) is 6.74. The number of hydrogen-bond acceptors (Lipinski definition) is 4. The van der Waals surface area contributed by atoms with Gasteiger partial charge < -0.3 is 19.4 Å². The third-order valence-electron chi connectivity index (χ3n) is 4.64. The molecule has 1 aromatic heterocycles. The van der Waals surface area contributed by atoms with Crippen LogP contribution in [0, 0.1) is 0 Å². The molecule has 0 unspecified atom stereocenters. The van der Waals surface area contributed by atoms with Crippen LogP contribution < -0.4 is 14.8 Å². The highest BCUT2D eigenvalue weighted by molar-refractivity contribution is 5.93. The number of aromatic nitrogens is 2. The Hall–Kier alpha value is -3.80. The maximum atomic E-state index is 12.8. The fourth-order valence-corrected chi connectivity index (χ4v) is 3.36. The summed E-state index contributed by atoms with van der Waals surface area (Å²) < 4.78 is 12.6. The molecule has 1 aliphatic rings. The number of carbonyl (C=O) groups is 1. The van der Waals surface area contributed by atoms with E-state index in [0.29, 0.717) is 17.2 Å². The Balaban J connectivity index is 1.46. The van der Waals surface area contributed by atoms with E-state index in [1.165, 1.54) is 0 Å². The summed E-state index contributed by atoms with van der Waals surface area (Å²) in [5, 5.41) is 2.93. The number of para-hydroxylation sites is 2. The zero-order valence-electron chi connectivity index (χ0n) is 15.0. The second-order valence-corrected chi connectivity index (χ2v) is 6.49. The van der Waals surface area contributed by atoms with E-state index in [9.17, 15) is 4.79 Å². The first-order valence-corrected chi connectivity index (χ1v) is 8.98. The molecule has 0 saturated carbocycles. The zero-order valence-corrected chi connectivity index (χ0v) is 15.0. The van der Waals surface area contributed by atoms with Gasteiger partial charge in [0.2, 0.25) is 12.7 Å². The lowest BCUT2D eigenvalue weighted by atomic mass is 10.2. The molecule has 0 bridgehead atoms. The van der Waals surface area contributed by atoms with Crippen molar-refractivity contribution < 1.29 is 14.3 Å². The summed E-state index contributed by atoms with van der Waals surface area (Å²) >= 11 is 0. The second-order valence-electron chi connectivity index (χ2n) is 6.49. The number of benzene rings is 3. The van der Waals surface area contributed by atoms with Crippen molar-refractivity contribution in [1.29, 1.82) is 0 Å². The molecule has 0 fully saturated rings. The van der Waals surface area contributed by atoms with Gasteiger partial charge in [0.1, 0.15) is 12.4 Å². The number of imidazole rings is 1. The fraction of sp³-hybridized carbons (Fsp3) is 0.0909. The molecular weight excluding hydrogens is 354 g/mol. The Bertz CT molecular complexity index is 1170. The number of nitrogens with one attached hydrogen (secondary N) is 1. The van der Waals surface area contributed by atoms with Crippen LogP contribution in [0.3, 0.4) is 0 Å². The van der Waals surface area contributed by atoms with E-state index >= 15 is 0 Å². The van der Waals surface area contributed by atoms with Crippen LogP contribution >= 0.6 is 0 Å². The maximum Gasteiger partial charge on any atom is 0.244 e. The molecule has 6 nitrogen and oxygen atoms in total. The molecule has 1 aliphatic heterocycles. The van der Waals surface area contributed by atoms with Crippen LogP contribution in [0.5, 0.6) is 11.5 Å². The van der Waals surface area contributed by atoms with E-state index < -0.39 is 0 Å². The van der Waals surface area contributed by atoms with Crippen LogP contribution in [-0.4, -0.2) is 22.3 Å². The summed E-state index contributed by atoms with van der Waals surface area (Å²) in [6, 6.07) is 23.1. The first kappa shape index (κ1) is 16.4. The van der Waals surface area contributed by atoms with E-state index in [2.05, 4.69) is 5.32 Å². The largest absolute Gasteiger partial charge is 0.454 e. The van der Waals surface area contributed by atoms with Gasteiger partial charge >= 0.3 is 0 Å². The smallest absolute Gasteiger partial charge is 0.244 e. The molecule has 0 spiro atoms. The van der Waals surface area contributed by atoms with Crippen molar-refractivity contribution in [3.05, 3.63) is 72.8 Å². The molecule has 3 aromatic carbocycles. The lowest BCUT2D eigenvalue weighted by Crippen LogP contribution is -2.19. The number of ether oxygens (including phenoxy) is 2. The summed E-state index contributed by atoms with van der Waals surface area (Å²) in [5.74, 6) is 1.95. The first-order valence-electron chi connectivity index (χ1n) is 8.98. The average Bonchev–Trinajstić information content (AvgIpc) is 3.33. The number of carbonyl (C=O) groups excluding carboxylic acids is 1. The normalized spacial score (nSPS) is 12.3. The number of nitrogens with zero attached hydrogens (tertiary/aromatic N) is 2. The standard InChI is InChI=1S/C22H17N3O3/c26-21(23-16-10-11-19-20(12-16)28-14-27-19)13-25-18-9-5-4-8-17(18)24-22(25)15-6-2-1-3-7-15/h1-12H,13-14H2,(H,23,26). The Morgan fingerprint density at radius 2 is 1.75 bits per heavy atom. The van der Waals surface area contributed by atoms with Gasteiger partial charge in [-0.05, 0) is 24.3 Å². The molecule has 2 heterocycles. The Kier molecular flexibility index (Phi) is 3.94. The molecule has 138 valence electrons. The molecule has 4 aromatic rings. The van der Waals surface area contributed by atoms with Crippen molar-refractivity contribution in [1.82, 2.24) is 9.55 Å². The number of hydrogen-bond donors (Lipinski definition) is 1. The third-order valence-corrected chi connectivity index (χ3v) is 4.64. The van der Waals surface area contributed by atoms with E-state index in [1.54, 1.807) is 18.2 Å². The van der Waals surface area contributed by atoms with E-state index in [1.807, 2.05) is 59.2 Å². The van der Waals surface area contributed by atoms with Crippen LogP contribution in [0.4, 0.5) is 5.69 Å². The van der Waals surface area contributed by atoms with Gasteiger partial charge in [-0.1, -0.05) is 42.5 Å². The van der Waals surface area contributed by atoms with Crippen molar-refractivity contribution in [2.45, 2.75) is 6.54 Å². The van der Waals surface area contributed by atoms with Crippen LogP contribution in [0.1, 0.15) is 0 Å². The van der Waals surface area contributed by atoms with Gasteiger partial charge in [0.15, 0.2) is 11.5 Å². The quantitative estimate of drug-likeness (QED) is 0.587. The van der Waals surface area contributed by atoms with E-state index in [0.717, 1.165) is 22.4 Å². The summed E-state index contributed by atoms with van der Waals surface area (Å²) in [6.07, 6.45) is 0. The average molecular weight is 371 g/mol. The van der Waals surface area contributed by atoms with Gasteiger partial charge in [-0.15, -0.1) is 0 Å². The van der Waals surface area contributed by atoms with Gasteiger partial charge in [-0.25, -0.2) is 4.98 Å². The van der Waals surface area contributed by atoms with Gasteiger partial charge in [-0.2, -0.15) is 0 Å². The zero-order chi connectivity index (χ0) is 18.9. The van der Waals surface area contributed by atoms with Gasteiger partial charge in [0.25, 0.3) is 0 Å². The van der Waals surface area contributed by atoms with E-state index in [4.69, 9.17) is 14.5 Å². The molecule has 1 N–H and O–H groups in total. The van der Waals surface area contributed by atoms with E-state index in [-0.39, 0.29) is 19.2 Å². The van der Waals surface area contributed by atoms with Crippen molar-refractivity contribution in [3.8, 4) is 22.9 Å². The van der Waals surface area contributed by atoms with Crippen molar-refractivity contribution in [2.75, 3.05) is 12.1 Å². The first-order chi connectivity index (χ1) is 13.8. The Morgan fingerprint density at radius 3 is 2.64 bits per heavy atom. The minimum absolute atomic E-state index is 0.140. The maximum absolute atomic E-state index is 12.8. The highest BCUT2D eigenvalue weighted by Crippen LogP contribution is 2.34. The van der Waals surface area contributed by atoms with Crippen molar-refractivity contribution >= 4 is 22.6 Å². The number of fused-ring (bicyclic) bond motifs is 2. The SMILES string of the molecule is O=C(Cn1c(-c2ccccc2)nc2ccccc21)Nc1ccc2c(c1)OCO2. The summed E-state index contributed by atoms with van der Waals surface area (Å²) in [4.78, 5) is 17.5. The highest BCUT2D eigenvalue weighted by Gasteiger charge is 2.17. The minimum atomic E-state index is -0.140. The molecule has 28 heavy (non-hydrogen) atoms. The predicted molar refractivity (Wildman–Crippen MR) is 106 cm³/mol. The minimum Gasteiger partial charge on any atom is -0.454 e. The Morgan fingerprint density at radius 1 is 0.964 bits per heavy atom. The van der Waals surface area contributed by atoms with Crippen LogP contribution in [0.25, 0.3) is 22.4 Å². The molecule has 1 amide bonds. The van der Waals surface area contributed by atoms with Crippen LogP contribution in [0.2, 0.25) is 0 Å². The number of rotatable bonds is 4. The summed E-state index contributed by atoms with van der Waals surface area (Å²) in [6.45, 7) is 0.355. The van der Waals surface area contributed by atoms with Crippen LogP contribution in [-0.2, 0) is 11.3 Å². The van der Waals surface area contributed by atoms with Gasteiger partial charge in [0, 0.05) is 17.3 Å². The Labute approximate surface area is 161 Å².